The molecule has 0 aromatic heterocycles. The molecule has 0 radical (unpaired) electrons. The van der Waals surface area contributed by atoms with Crippen LogP contribution in [0.25, 0.3) is 0 Å². The van der Waals surface area contributed by atoms with E-state index in [-0.39, 0.29) is 0 Å². The summed E-state index contributed by atoms with van der Waals surface area (Å²) in [6, 6.07) is 7.04. The zero-order valence-electron chi connectivity index (χ0n) is 11.7. The van der Waals surface area contributed by atoms with Gasteiger partial charge in [0.15, 0.2) is 13.3 Å². The normalized spacial score (nSPS) is 13.2. The second-order valence-electron chi connectivity index (χ2n) is 4.77. The Morgan fingerprint density at radius 1 is 1.37 bits per heavy atom. The highest BCUT2D eigenvalue weighted by Crippen LogP contribution is 2.06. The first kappa shape index (κ1) is 15.2. The fourth-order valence-corrected chi connectivity index (χ4v) is 1.55. The average molecular weight is 264 g/mol. The molecule has 1 aromatic rings. The third-order valence-corrected chi connectivity index (χ3v) is 3.02. The maximum Gasteiger partial charge on any atom is 0.320 e. The predicted octanol–water partition coefficient (Wildman–Crippen LogP) is 0.373. The lowest BCUT2D eigenvalue weighted by Crippen LogP contribution is -2.32. The molecule has 0 fully saturated rings. The lowest BCUT2D eigenvalue weighted by Gasteiger charge is -2.07. The van der Waals surface area contributed by atoms with Gasteiger partial charge in [0.1, 0.15) is 6.04 Å². The van der Waals surface area contributed by atoms with Gasteiger partial charge >= 0.3 is 5.97 Å². The van der Waals surface area contributed by atoms with E-state index in [1.807, 2.05) is 55.1 Å². The van der Waals surface area contributed by atoms with Crippen molar-refractivity contribution in [3.05, 3.63) is 35.4 Å². The SMILES string of the molecule is CN(C)[N+](C)=CCc1ccc(CC(N)C(=O)O)cc1. The number of hydrazine groups is 1. The van der Waals surface area contributed by atoms with Crippen LogP contribution in [0.15, 0.2) is 24.3 Å². The number of aliphatic carboxylic acids is 1. The van der Waals surface area contributed by atoms with Crippen LogP contribution in [0, 0.1) is 0 Å². The van der Waals surface area contributed by atoms with Gasteiger partial charge < -0.3 is 10.8 Å². The molecule has 0 spiro atoms. The van der Waals surface area contributed by atoms with E-state index >= 15 is 0 Å². The van der Waals surface area contributed by atoms with Gasteiger partial charge in [0.2, 0.25) is 0 Å². The molecule has 0 bridgehead atoms. The van der Waals surface area contributed by atoms with Gasteiger partial charge in [-0.25, -0.2) is 0 Å². The molecular formula is C14H22N3O2+. The summed E-state index contributed by atoms with van der Waals surface area (Å²) in [7, 11) is 5.94. The molecule has 0 aliphatic carbocycles. The van der Waals surface area contributed by atoms with Crippen molar-refractivity contribution in [1.82, 2.24) is 5.01 Å². The number of hydrazone groups is 1. The van der Waals surface area contributed by atoms with E-state index in [4.69, 9.17) is 10.8 Å². The maximum absolute atomic E-state index is 10.7. The minimum Gasteiger partial charge on any atom is -0.480 e. The van der Waals surface area contributed by atoms with Crippen molar-refractivity contribution in [3.8, 4) is 0 Å². The Morgan fingerprint density at radius 3 is 2.37 bits per heavy atom. The maximum atomic E-state index is 10.7. The van der Waals surface area contributed by atoms with Crippen molar-refractivity contribution in [1.29, 1.82) is 0 Å². The van der Waals surface area contributed by atoms with E-state index in [0.29, 0.717) is 6.42 Å². The molecular weight excluding hydrogens is 242 g/mol. The van der Waals surface area contributed by atoms with Gasteiger partial charge in [-0.2, -0.15) is 5.01 Å². The van der Waals surface area contributed by atoms with Crippen LogP contribution in [0.1, 0.15) is 11.1 Å². The fourth-order valence-electron chi connectivity index (χ4n) is 1.55. The first-order chi connectivity index (χ1) is 8.90. The van der Waals surface area contributed by atoms with Crippen LogP contribution < -0.4 is 5.73 Å². The predicted molar refractivity (Wildman–Crippen MR) is 75.4 cm³/mol. The van der Waals surface area contributed by atoms with Gasteiger partial charge in [-0.1, -0.05) is 24.3 Å². The summed E-state index contributed by atoms with van der Waals surface area (Å²) < 4.78 is 2.01. The number of nitrogens with two attached hydrogens (primary N) is 1. The van der Waals surface area contributed by atoms with Crippen LogP contribution in [-0.2, 0) is 17.6 Å². The van der Waals surface area contributed by atoms with Crippen LogP contribution >= 0.6 is 0 Å². The highest BCUT2D eigenvalue weighted by molar-refractivity contribution is 5.73. The Kier molecular flexibility index (Phi) is 5.51. The van der Waals surface area contributed by atoms with E-state index in [1.165, 1.54) is 5.56 Å². The zero-order valence-corrected chi connectivity index (χ0v) is 11.7. The summed E-state index contributed by atoms with van der Waals surface area (Å²) in [5.41, 5.74) is 7.63. The summed E-state index contributed by atoms with van der Waals surface area (Å²) in [6.07, 6.45) is 3.27. The van der Waals surface area contributed by atoms with Crippen molar-refractivity contribution in [2.75, 3.05) is 21.1 Å². The molecule has 1 unspecified atom stereocenters. The first-order valence-corrected chi connectivity index (χ1v) is 6.19. The van der Waals surface area contributed by atoms with Gasteiger partial charge in [0.05, 0.1) is 20.5 Å². The Bertz CT molecular complexity index is 452. The quantitative estimate of drug-likeness (QED) is 0.442. The van der Waals surface area contributed by atoms with Crippen molar-refractivity contribution < 1.29 is 14.6 Å². The molecule has 0 saturated heterocycles. The van der Waals surface area contributed by atoms with Crippen LogP contribution in [0.2, 0.25) is 0 Å². The summed E-state index contributed by atoms with van der Waals surface area (Å²) in [5, 5.41) is 10.7. The lowest BCUT2D eigenvalue weighted by molar-refractivity contribution is -0.652. The second kappa shape index (κ2) is 6.89. The summed E-state index contributed by atoms with van der Waals surface area (Å²) in [5.74, 6) is -0.968. The fraction of sp³-hybridized carbons (Fsp3) is 0.429. The Hall–Kier alpha value is -1.88. The van der Waals surface area contributed by atoms with Crippen LogP contribution in [-0.4, -0.2) is 54.2 Å². The molecule has 1 aromatic carbocycles. The van der Waals surface area contributed by atoms with Crippen LogP contribution in [0.5, 0.6) is 0 Å². The van der Waals surface area contributed by atoms with Crippen molar-refractivity contribution in [2.24, 2.45) is 5.73 Å². The van der Waals surface area contributed by atoms with E-state index in [1.54, 1.807) is 0 Å². The van der Waals surface area contributed by atoms with E-state index in [2.05, 4.69) is 6.21 Å². The topological polar surface area (TPSA) is 69.6 Å². The van der Waals surface area contributed by atoms with Gasteiger partial charge in [0.25, 0.3) is 0 Å². The smallest absolute Gasteiger partial charge is 0.320 e. The molecule has 19 heavy (non-hydrogen) atoms. The molecule has 3 N–H and O–H groups in total. The Labute approximate surface area is 113 Å². The van der Waals surface area contributed by atoms with Gasteiger partial charge in [-0.05, 0) is 17.5 Å². The molecule has 0 aliphatic rings. The number of carboxylic acids is 1. The van der Waals surface area contributed by atoms with Crippen molar-refractivity contribution in [3.63, 3.8) is 0 Å². The number of carboxylic acid groups (broad SMARTS) is 1. The van der Waals surface area contributed by atoms with E-state index in [0.717, 1.165) is 12.0 Å². The molecule has 1 atom stereocenters. The van der Waals surface area contributed by atoms with Gasteiger partial charge in [-0.3, -0.25) is 4.79 Å². The third kappa shape index (κ3) is 5.09. The Morgan fingerprint density at radius 2 is 1.89 bits per heavy atom. The third-order valence-electron chi connectivity index (χ3n) is 3.02. The first-order valence-electron chi connectivity index (χ1n) is 6.19. The van der Waals surface area contributed by atoms with Crippen molar-refractivity contribution >= 4 is 12.2 Å². The zero-order chi connectivity index (χ0) is 14.4. The Balaban J connectivity index is 2.62. The summed E-state index contributed by atoms with van der Waals surface area (Å²) >= 11 is 0. The van der Waals surface area contributed by atoms with E-state index in [9.17, 15) is 4.79 Å². The standard InChI is InChI=1S/C14H21N3O2/c1-16(2)17(3)9-8-11-4-6-12(7-5-11)10-13(15)14(18)19/h4-7,9,13H,8,10,15H2,1-3H3/p+1. The highest BCUT2D eigenvalue weighted by Gasteiger charge is 2.11. The molecule has 0 saturated carbocycles. The molecule has 104 valence electrons. The number of hydrogen-bond donors (Lipinski definition) is 2. The largest absolute Gasteiger partial charge is 0.480 e. The number of benzene rings is 1. The average Bonchev–Trinajstić information content (AvgIpc) is 2.37. The number of rotatable bonds is 6. The molecule has 0 aliphatic heterocycles. The summed E-state index contributed by atoms with van der Waals surface area (Å²) in [6.45, 7) is 0. The van der Waals surface area contributed by atoms with Gasteiger partial charge in [-0.15, -0.1) is 4.68 Å². The monoisotopic (exact) mass is 264 g/mol. The highest BCUT2D eigenvalue weighted by atomic mass is 16.4. The lowest BCUT2D eigenvalue weighted by atomic mass is 10.0. The van der Waals surface area contributed by atoms with Crippen LogP contribution in [0.4, 0.5) is 0 Å². The van der Waals surface area contributed by atoms with E-state index < -0.39 is 12.0 Å². The number of hydrogen-bond acceptors (Lipinski definition) is 3. The number of carbonyl (C=O) groups is 1. The minimum atomic E-state index is -0.968. The molecule has 0 amide bonds. The van der Waals surface area contributed by atoms with Crippen LogP contribution in [0.3, 0.4) is 0 Å². The molecule has 5 nitrogen and oxygen atoms in total. The van der Waals surface area contributed by atoms with Gasteiger partial charge in [0, 0.05) is 0 Å². The van der Waals surface area contributed by atoms with Crippen molar-refractivity contribution in [2.45, 2.75) is 18.9 Å². The molecule has 0 heterocycles. The second-order valence-corrected chi connectivity index (χ2v) is 4.77. The molecule has 5 heteroatoms. The summed E-state index contributed by atoms with van der Waals surface area (Å²) in [4.78, 5) is 10.7. The number of nitrogens with zero attached hydrogens (tertiary/aromatic N) is 2. The molecule has 1 rings (SSSR count). The minimum absolute atomic E-state index is 0.358.